The molecule has 186 valence electrons. The minimum absolute atomic E-state index is 0.0811. The summed E-state index contributed by atoms with van der Waals surface area (Å²) in [6.07, 6.45) is -0.526. The zero-order valence-corrected chi connectivity index (χ0v) is 20.2. The summed E-state index contributed by atoms with van der Waals surface area (Å²) in [5.41, 5.74) is 2.42. The molecule has 0 aliphatic carbocycles. The Labute approximate surface area is 213 Å². The summed E-state index contributed by atoms with van der Waals surface area (Å²) >= 11 is 6.30. The molecule has 1 fully saturated rings. The predicted molar refractivity (Wildman–Crippen MR) is 134 cm³/mol. The van der Waals surface area contributed by atoms with Gasteiger partial charge in [-0.2, -0.15) is 0 Å². The molecule has 1 heterocycles. The zero-order valence-electron chi connectivity index (χ0n) is 19.4. The summed E-state index contributed by atoms with van der Waals surface area (Å²) in [7, 11) is 0. The number of halogens is 1. The minimum atomic E-state index is -0.783. The molecule has 3 aromatic carbocycles. The number of imide groups is 1. The van der Waals surface area contributed by atoms with Gasteiger partial charge in [0.1, 0.15) is 19.0 Å². The zero-order chi connectivity index (χ0) is 25.5. The number of carbonyl (C=O) groups is 2. The number of benzene rings is 3. The summed E-state index contributed by atoms with van der Waals surface area (Å²) in [5, 5.41) is 11.8. The molecule has 9 heteroatoms. The maximum Gasteiger partial charge on any atom is 0.416 e. The van der Waals surface area contributed by atoms with Crippen LogP contribution in [-0.2, 0) is 22.6 Å². The minimum Gasteiger partial charge on any atom is -0.487 e. The third-order valence-electron chi connectivity index (χ3n) is 6.00. The lowest BCUT2D eigenvalue weighted by Gasteiger charge is -2.22. The van der Waals surface area contributed by atoms with Crippen LogP contribution in [0.1, 0.15) is 29.0 Å². The van der Waals surface area contributed by atoms with Gasteiger partial charge in [0.05, 0.1) is 17.0 Å². The van der Waals surface area contributed by atoms with Crippen molar-refractivity contribution in [2.45, 2.75) is 31.4 Å². The number of amides is 2. The van der Waals surface area contributed by atoms with E-state index in [1.165, 1.54) is 0 Å². The number of nitrogens with zero attached hydrogens (tertiary/aromatic N) is 2. The molecule has 2 atom stereocenters. The Hall–Kier alpha value is -3.91. The Morgan fingerprint density at radius 1 is 1.08 bits per heavy atom. The smallest absolute Gasteiger partial charge is 0.416 e. The number of cyclic esters (lactones) is 1. The van der Waals surface area contributed by atoms with Crippen molar-refractivity contribution in [2.24, 2.45) is 0 Å². The van der Waals surface area contributed by atoms with E-state index >= 15 is 0 Å². The Balaban J connectivity index is 1.51. The van der Waals surface area contributed by atoms with E-state index in [9.17, 15) is 19.7 Å². The van der Waals surface area contributed by atoms with Gasteiger partial charge in [-0.3, -0.25) is 14.9 Å². The average molecular weight is 509 g/mol. The summed E-state index contributed by atoms with van der Waals surface area (Å²) < 4.78 is 11.0. The molecule has 0 aromatic heterocycles. The monoisotopic (exact) mass is 508 g/mol. The van der Waals surface area contributed by atoms with Gasteiger partial charge >= 0.3 is 6.09 Å². The molecule has 0 N–H and O–H groups in total. The van der Waals surface area contributed by atoms with E-state index in [0.717, 1.165) is 16.0 Å². The number of nitro groups is 1. The second-order valence-corrected chi connectivity index (χ2v) is 8.97. The standard InChI is InChI=1S/C27H25ClN2O6/c28-24-12-11-21(14-25(24)35-17-20-9-5-2-6-10-20)22(16-29(33)34)15-26(31)30-23(18-36-27(30)32)13-19-7-3-1-4-8-19/h1-12,14,22-23H,13,15-18H2/t22-,23+/m0/s1. The van der Waals surface area contributed by atoms with Crippen molar-refractivity contribution in [3.05, 3.63) is 111 Å². The summed E-state index contributed by atoms with van der Waals surface area (Å²) in [5.74, 6) is -0.942. The van der Waals surface area contributed by atoms with Crippen LogP contribution in [0.4, 0.5) is 4.79 Å². The van der Waals surface area contributed by atoms with Crippen molar-refractivity contribution >= 4 is 23.6 Å². The van der Waals surface area contributed by atoms with Crippen molar-refractivity contribution < 1.29 is 24.0 Å². The van der Waals surface area contributed by atoms with Gasteiger partial charge in [-0.25, -0.2) is 9.69 Å². The SMILES string of the molecule is O=C(C[C@@H](C[N+](=O)[O-])c1ccc(Cl)c(OCc2ccccc2)c1)N1C(=O)OC[C@H]1Cc1ccccc1. The topological polar surface area (TPSA) is 99.0 Å². The fraction of sp³-hybridized carbons (Fsp3) is 0.259. The largest absolute Gasteiger partial charge is 0.487 e. The maximum absolute atomic E-state index is 13.2. The average Bonchev–Trinajstić information content (AvgIpc) is 3.24. The molecule has 2 amide bonds. The van der Waals surface area contributed by atoms with E-state index in [0.29, 0.717) is 22.8 Å². The molecule has 0 spiro atoms. The first-order valence-electron chi connectivity index (χ1n) is 11.5. The summed E-state index contributed by atoms with van der Waals surface area (Å²) in [4.78, 5) is 37.7. The summed E-state index contributed by atoms with van der Waals surface area (Å²) in [6, 6.07) is 23.3. The van der Waals surface area contributed by atoms with E-state index in [-0.39, 0.29) is 19.6 Å². The lowest BCUT2D eigenvalue weighted by molar-refractivity contribution is -0.483. The molecule has 0 bridgehead atoms. The summed E-state index contributed by atoms with van der Waals surface area (Å²) in [6.45, 7) is -0.140. The molecule has 1 aliphatic rings. The Bertz CT molecular complexity index is 1220. The van der Waals surface area contributed by atoms with Gasteiger partial charge in [0.15, 0.2) is 0 Å². The van der Waals surface area contributed by atoms with Crippen LogP contribution in [0.2, 0.25) is 5.02 Å². The molecule has 1 aliphatic heterocycles. The molecule has 8 nitrogen and oxygen atoms in total. The molecule has 0 unspecified atom stereocenters. The highest BCUT2D eigenvalue weighted by Gasteiger charge is 2.39. The lowest BCUT2D eigenvalue weighted by atomic mass is 9.94. The van der Waals surface area contributed by atoms with Crippen LogP contribution in [0, 0.1) is 10.1 Å². The van der Waals surface area contributed by atoms with Crippen molar-refractivity contribution in [3.8, 4) is 5.75 Å². The van der Waals surface area contributed by atoms with Gasteiger partial charge in [-0.05, 0) is 35.2 Å². The van der Waals surface area contributed by atoms with Crippen LogP contribution >= 0.6 is 11.6 Å². The Morgan fingerprint density at radius 3 is 2.42 bits per heavy atom. The third-order valence-corrected chi connectivity index (χ3v) is 6.31. The van der Waals surface area contributed by atoms with Crippen LogP contribution < -0.4 is 4.74 Å². The van der Waals surface area contributed by atoms with Crippen LogP contribution in [0.15, 0.2) is 78.9 Å². The first kappa shape index (κ1) is 25.2. The van der Waals surface area contributed by atoms with Crippen LogP contribution in [0.25, 0.3) is 0 Å². The number of hydrogen-bond donors (Lipinski definition) is 0. The lowest BCUT2D eigenvalue weighted by Crippen LogP contribution is -2.41. The van der Waals surface area contributed by atoms with Gasteiger partial charge in [-0.1, -0.05) is 78.3 Å². The van der Waals surface area contributed by atoms with Gasteiger partial charge in [0, 0.05) is 11.3 Å². The molecular formula is C27H25ClN2O6. The van der Waals surface area contributed by atoms with Crippen LogP contribution in [-0.4, -0.2) is 41.0 Å². The molecule has 3 aromatic rings. The van der Waals surface area contributed by atoms with Crippen molar-refractivity contribution in [2.75, 3.05) is 13.2 Å². The van der Waals surface area contributed by atoms with E-state index in [4.69, 9.17) is 21.1 Å². The fourth-order valence-corrected chi connectivity index (χ4v) is 4.37. The Morgan fingerprint density at radius 2 is 1.75 bits per heavy atom. The molecule has 4 rings (SSSR count). The van der Waals surface area contributed by atoms with Crippen molar-refractivity contribution in [1.29, 1.82) is 0 Å². The van der Waals surface area contributed by atoms with E-state index < -0.39 is 35.4 Å². The number of ether oxygens (including phenoxy) is 2. The van der Waals surface area contributed by atoms with Gasteiger partial charge < -0.3 is 9.47 Å². The van der Waals surface area contributed by atoms with Gasteiger partial charge in [-0.15, -0.1) is 0 Å². The first-order valence-corrected chi connectivity index (χ1v) is 11.9. The molecule has 1 saturated heterocycles. The highest BCUT2D eigenvalue weighted by Crippen LogP contribution is 2.32. The van der Waals surface area contributed by atoms with E-state index in [2.05, 4.69) is 0 Å². The van der Waals surface area contributed by atoms with Crippen molar-refractivity contribution in [1.82, 2.24) is 4.90 Å². The predicted octanol–water partition coefficient (Wildman–Crippen LogP) is 5.26. The third kappa shape index (κ3) is 6.40. The highest BCUT2D eigenvalue weighted by molar-refractivity contribution is 6.32. The fourth-order valence-electron chi connectivity index (χ4n) is 4.20. The molecular weight excluding hydrogens is 484 g/mol. The highest BCUT2D eigenvalue weighted by atomic mass is 35.5. The number of carbonyl (C=O) groups excluding carboxylic acids is 2. The second-order valence-electron chi connectivity index (χ2n) is 8.56. The van der Waals surface area contributed by atoms with Crippen LogP contribution in [0.5, 0.6) is 5.75 Å². The first-order chi connectivity index (χ1) is 17.4. The van der Waals surface area contributed by atoms with E-state index in [1.54, 1.807) is 18.2 Å². The van der Waals surface area contributed by atoms with Gasteiger partial charge in [0.2, 0.25) is 12.5 Å². The molecule has 0 radical (unpaired) electrons. The van der Waals surface area contributed by atoms with Crippen molar-refractivity contribution in [3.63, 3.8) is 0 Å². The van der Waals surface area contributed by atoms with E-state index in [1.807, 2.05) is 60.7 Å². The maximum atomic E-state index is 13.2. The molecule has 36 heavy (non-hydrogen) atoms. The van der Waals surface area contributed by atoms with Crippen LogP contribution in [0.3, 0.4) is 0 Å². The Kier molecular flexibility index (Phi) is 8.17. The number of rotatable bonds is 10. The second kappa shape index (κ2) is 11.7. The number of hydrogen-bond acceptors (Lipinski definition) is 6. The normalized spacial score (nSPS) is 15.9. The van der Waals surface area contributed by atoms with Gasteiger partial charge in [0.25, 0.3) is 0 Å². The quantitative estimate of drug-likeness (QED) is 0.273. The molecule has 0 saturated carbocycles.